The summed E-state index contributed by atoms with van der Waals surface area (Å²) in [7, 11) is 3.25. The van der Waals surface area contributed by atoms with Crippen molar-refractivity contribution in [1.29, 1.82) is 0 Å². The van der Waals surface area contributed by atoms with Gasteiger partial charge in [-0.3, -0.25) is 0 Å². The SMILES string of the molecule is C=C(C)CN(c1ccc(CC=O)nc1[N+](=O)[O-])C1CCOCC1.COC. The Hall–Kier alpha value is -2.32. The van der Waals surface area contributed by atoms with E-state index < -0.39 is 4.92 Å². The number of rotatable bonds is 7. The van der Waals surface area contributed by atoms with Crippen LogP contribution in [-0.2, 0) is 20.7 Å². The van der Waals surface area contributed by atoms with Crippen LogP contribution in [0.3, 0.4) is 0 Å². The maximum Gasteiger partial charge on any atom is 0.387 e. The van der Waals surface area contributed by atoms with Crippen molar-refractivity contribution < 1.29 is 19.2 Å². The topological polar surface area (TPSA) is 94.8 Å². The summed E-state index contributed by atoms with van der Waals surface area (Å²) >= 11 is 0. The number of methoxy groups -OCH3 is 1. The molecule has 1 saturated heterocycles. The van der Waals surface area contributed by atoms with E-state index in [-0.39, 0.29) is 18.3 Å². The molecule has 1 aliphatic rings. The number of carbonyl (C=O) groups is 1. The first-order chi connectivity index (χ1) is 12.4. The van der Waals surface area contributed by atoms with E-state index in [0.717, 1.165) is 18.4 Å². The molecule has 1 aromatic heterocycles. The van der Waals surface area contributed by atoms with E-state index in [9.17, 15) is 14.9 Å². The van der Waals surface area contributed by atoms with Gasteiger partial charge >= 0.3 is 5.82 Å². The zero-order chi connectivity index (χ0) is 19.5. The minimum Gasteiger partial charge on any atom is -0.388 e. The fraction of sp³-hybridized carbons (Fsp3) is 0.556. The third-order valence-corrected chi connectivity index (χ3v) is 3.76. The van der Waals surface area contributed by atoms with Crippen LogP contribution in [-0.4, -0.2) is 56.2 Å². The van der Waals surface area contributed by atoms with Crippen LogP contribution in [0.5, 0.6) is 0 Å². The number of hydrogen-bond donors (Lipinski definition) is 0. The van der Waals surface area contributed by atoms with Crippen molar-refractivity contribution in [3.63, 3.8) is 0 Å². The van der Waals surface area contributed by atoms with Gasteiger partial charge in [-0.1, -0.05) is 12.2 Å². The molecule has 0 radical (unpaired) electrons. The predicted octanol–water partition coefficient (Wildman–Crippen LogP) is 2.56. The van der Waals surface area contributed by atoms with E-state index in [4.69, 9.17) is 4.74 Å². The second kappa shape index (κ2) is 11.3. The van der Waals surface area contributed by atoms with Crippen LogP contribution in [0.4, 0.5) is 11.5 Å². The summed E-state index contributed by atoms with van der Waals surface area (Å²) in [5.74, 6) is -0.211. The molecule has 0 amide bonds. The quantitative estimate of drug-likeness (QED) is 0.317. The Morgan fingerprint density at radius 3 is 2.58 bits per heavy atom. The highest BCUT2D eigenvalue weighted by Gasteiger charge is 2.28. The monoisotopic (exact) mass is 365 g/mol. The van der Waals surface area contributed by atoms with Gasteiger partial charge < -0.3 is 29.3 Å². The number of anilines is 1. The first-order valence-electron chi connectivity index (χ1n) is 8.41. The minimum absolute atomic E-state index is 0.0683. The highest BCUT2D eigenvalue weighted by atomic mass is 16.6. The van der Waals surface area contributed by atoms with Crippen LogP contribution < -0.4 is 4.90 Å². The molecule has 144 valence electrons. The average Bonchev–Trinajstić information content (AvgIpc) is 2.61. The number of carbonyl (C=O) groups excluding carboxylic acids is 1. The van der Waals surface area contributed by atoms with Crippen molar-refractivity contribution in [2.75, 3.05) is 38.9 Å². The van der Waals surface area contributed by atoms with Crippen molar-refractivity contribution in [1.82, 2.24) is 4.98 Å². The van der Waals surface area contributed by atoms with Crippen LogP contribution in [0.25, 0.3) is 0 Å². The molecule has 0 spiro atoms. The third kappa shape index (κ3) is 6.53. The van der Waals surface area contributed by atoms with Crippen molar-refractivity contribution in [2.24, 2.45) is 0 Å². The molecule has 1 fully saturated rings. The van der Waals surface area contributed by atoms with Gasteiger partial charge in [0.25, 0.3) is 0 Å². The van der Waals surface area contributed by atoms with Gasteiger partial charge in [0, 0.05) is 40.0 Å². The first-order valence-corrected chi connectivity index (χ1v) is 8.41. The zero-order valence-electron chi connectivity index (χ0n) is 15.6. The summed E-state index contributed by atoms with van der Waals surface area (Å²) in [5, 5.41) is 11.4. The van der Waals surface area contributed by atoms with Crippen LogP contribution in [0.1, 0.15) is 25.5 Å². The Balaban J connectivity index is 0.00000105. The van der Waals surface area contributed by atoms with Gasteiger partial charge in [0.2, 0.25) is 0 Å². The van der Waals surface area contributed by atoms with Crippen LogP contribution in [0.15, 0.2) is 24.3 Å². The van der Waals surface area contributed by atoms with Crippen molar-refractivity contribution in [2.45, 2.75) is 32.2 Å². The average molecular weight is 365 g/mol. The maximum absolute atomic E-state index is 11.4. The van der Waals surface area contributed by atoms with E-state index in [1.165, 1.54) is 0 Å². The molecule has 0 bridgehead atoms. The normalized spacial score (nSPS) is 14.1. The molecular formula is C18H27N3O5. The van der Waals surface area contributed by atoms with Gasteiger partial charge in [-0.2, -0.15) is 0 Å². The molecule has 0 saturated carbocycles. The number of nitrogens with zero attached hydrogens (tertiary/aromatic N) is 3. The zero-order valence-corrected chi connectivity index (χ0v) is 15.6. The van der Waals surface area contributed by atoms with Crippen molar-refractivity contribution in [3.05, 3.63) is 40.1 Å². The summed E-state index contributed by atoms with van der Waals surface area (Å²) in [6, 6.07) is 3.50. The van der Waals surface area contributed by atoms with Gasteiger partial charge in [0.05, 0.1) is 6.42 Å². The lowest BCUT2D eigenvalue weighted by molar-refractivity contribution is -0.388. The van der Waals surface area contributed by atoms with Crippen LogP contribution in [0.2, 0.25) is 0 Å². The first kappa shape index (κ1) is 21.7. The summed E-state index contributed by atoms with van der Waals surface area (Å²) in [4.78, 5) is 27.6. The molecule has 26 heavy (non-hydrogen) atoms. The van der Waals surface area contributed by atoms with Gasteiger partial charge in [0.15, 0.2) is 5.69 Å². The molecule has 0 aliphatic carbocycles. The largest absolute Gasteiger partial charge is 0.388 e. The summed E-state index contributed by atoms with van der Waals surface area (Å²) < 4.78 is 9.63. The maximum atomic E-state index is 11.4. The van der Waals surface area contributed by atoms with Gasteiger partial charge in [0.1, 0.15) is 12.0 Å². The third-order valence-electron chi connectivity index (χ3n) is 3.76. The van der Waals surface area contributed by atoms with E-state index in [0.29, 0.717) is 37.4 Å². The Kier molecular flexibility index (Phi) is 9.46. The number of aldehydes is 1. The molecule has 2 heterocycles. The second-order valence-corrected chi connectivity index (χ2v) is 6.11. The minimum atomic E-state index is -0.492. The van der Waals surface area contributed by atoms with Crippen LogP contribution in [0, 0.1) is 10.1 Å². The molecule has 8 heteroatoms. The number of nitro groups is 1. The van der Waals surface area contributed by atoms with Crippen molar-refractivity contribution in [3.8, 4) is 0 Å². The van der Waals surface area contributed by atoms with E-state index >= 15 is 0 Å². The Morgan fingerprint density at radius 2 is 2.08 bits per heavy atom. The lowest BCUT2D eigenvalue weighted by atomic mass is 10.0. The molecule has 0 unspecified atom stereocenters. The molecule has 0 atom stereocenters. The Morgan fingerprint density at radius 1 is 1.46 bits per heavy atom. The smallest absolute Gasteiger partial charge is 0.387 e. The molecule has 0 N–H and O–H groups in total. The van der Waals surface area contributed by atoms with Crippen LogP contribution >= 0.6 is 0 Å². The van der Waals surface area contributed by atoms with Gasteiger partial charge in [-0.15, -0.1) is 0 Å². The summed E-state index contributed by atoms with van der Waals surface area (Å²) in [5.41, 5.74) is 1.79. The standard InChI is InChI=1S/C16H21N3O4.C2H6O/c1-12(2)11-18(14-6-9-23-10-7-14)15-4-3-13(5-8-20)17-16(15)19(21)22;1-3-2/h3-4,8,14H,1,5-7,9-11H2,2H3;1-2H3. The predicted molar refractivity (Wildman–Crippen MR) is 99.6 cm³/mol. The molecule has 1 aliphatic heterocycles. The lowest BCUT2D eigenvalue weighted by Gasteiger charge is -2.35. The molecule has 1 aromatic rings. The van der Waals surface area contributed by atoms with Gasteiger partial charge in [-0.25, -0.2) is 0 Å². The van der Waals surface area contributed by atoms with E-state index in [1.54, 1.807) is 26.4 Å². The number of pyridine rings is 1. The molecule has 8 nitrogen and oxygen atoms in total. The molecule has 2 rings (SSSR count). The molecular weight excluding hydrogens is 338 g/mol. The lowest BCUT2D eigenvalue weighted by Crippen LogP contribution is -2.41. The van der Waals surface area contributed by atoms with Gasteiger partial charge in [-0.05, 0) is 41.8 Å². The van der Waals surface area contributed by atoms with Crippen molar-refractivity contribution >= 4 is 17.8 Å². The summed E-state index contributed by atoms with van der Waals surface area (Å²) in [6.45, 7) is 7.63. The highest BCUT2D eigenvalue weighted by Crippen LogP contribution is 2.31. The Labute approximate surface area is 154 Å². The highest BCUT2D eigenvalue weighted by molar-refractivity contribution is 5.63. The Bertz CT molecular complexity index is 615. The number of ether oxygens (including phenoxy) is 2. The molecule has 0 aromatic carbocycles. The van der Waals surface area contributed by atoms with E-state index in [2.05, 4.69) is 16.3 Å². The summed E-state index contributed by atoms with van der Waals surface area (Å²) in [6.07, 6.45) is 2.37. The number of hydrogen-bond acceptors (Lipinski definition) is 7. The second-order valence-electron chi connectivity index (χ2n) is 6.11. The number of aromatic nitrogens is 1. The van der Waals surface area contributed by atoms with E-state index in [1.807, 2.05) is 11.8 Å². The fourth-order valence-corrected chi connectivity index (χ4v) is 2.74. The fourth-order valence-electron chi connectivity index (χ4n) is 2.74.